The molecule has 0 unspecified atom stereocenters. The minimum atomic E-state index is 0.0745. The molecule has 0 atom stereocenters. The highest BCUT2D eigenvalue weighted by atomic mass is 32.1. The number of benzene rings is 2. The first-order valence-corrected chi connectivity index (χ1v) is 13.1. The lowest BCUT2D eigenvalue weighted by atomic mass is 10.1. The molecule has 0 spiro atoms. The number of hydrogen-bond acceptors (Lipinski definition) is 6. The van der Waals surface area contributed by atoms with Crippen LogP contribution in [-0.2, 0) is 0 Å². The summed E-state index contributed by atoms with van der Waals surface area (Å²) in [5.41, 5.74) is 4.51. The van der Waals surface area contributed by atoms with Crippen LogP contribution in [0.5, 0.6) is 23.0 Å². The lowest BCUT2D eigenvalue weighted by Gasteiger charge is -2.17. The predicted octanol–water partition coefficient (Wildman–Crippen LogP) is 8.51. The van der Waals surface area contributed by atoms with Crippen molar-refractivity contribution in [1.82, 2.24) is 0 Å². The largest absolute Gasteiger partial charge is 0.496 e. The van der Waals surface area contributed by atoms with E-state index in [4.69, 9.17) is 18.9 Å². The molecule has 0 N–H and O–H groups in total. The van der Waals surface area contributed by atoms with Gasteiger partial charge in [-0.05, 0) is 76.9 Å². The molecule has 0 aliphatic heterocycles. The number of hydrogen-bond donors (Lipinski definition) is 0. The molecule has 0 saturated carbocycles. The minimum absolute atomic E-state index is 0.0745. The van der Waals surface area contributed by atoms with Gasteiger partial charge >= 0.3 is 0 Å². The zero-order chi connectivity index (χ0) is 24.6. The van der Waals surface area contributed by atoms with Crippen LogP contribution in [0, 0.1) is 13.8 Å². The van der Waals surface area contributed by atoms with Gasteiger partial charge in [-0.2, -0.15) is 0 Å². The molecule has 2 aromatic carbocycles. The fourth-order valence-corrected chi connectivity index (χ4v) is 7.05. The number of fused-ring (bicyclic) bond motifs is 1. The second-order valence-electron chi connectivity index (χ2n) is 8.77. The predicted molar refractivity (Wildman–Crippen MR) is 145 cm³/mol. The van der Waals surface area contributed by atoms with Crippen molar-refractivity contribution in [2.75, 3.05) is 14.2 Å². The monoisotopic (exact) mass is 496 g/mol. The van der Waals surface area contributed by atoms with Gasteiger partial charge in [0, 0.05) is 19.2 Å². The molecule has 2 aromatic heterocycles. The molecule has 0 fully saturated rings. The highest BCUT2D eigenvalue weighted by molar-refractivity contribution is 7.31. The van der Waals surface area contributed by atoms with E-state index in [1.807, 2.05) is 64.1 Å². The van der Waals surface area contributed by atoms with E-state index in [-0.39, 0.29) is 12.2 Å². The molecule has 34 heavy (non-hydrogen) atoms. The molecule has 4 rings (SSSR count). The molecule has 4 aromatic rings. The van der Waals surface area contributed by atoms with Gasteiger partial charge in [-0.3, -0.25) is 0 Å². The molecule has 0 bridgehead atoms. The minimum Gasteiger partial charge on any atom is -0.496 e. The Bertz CT molecular complexity index is 1210. The third kappa shape index (κ3) is 4.37. The van der Waals surface area contributed by atoms with Crippen LogP contribution in [0.1, 0.15) is 38.8 Å². The van der Waals surface area contributed by atoms with Gasteiger partial charge in [0.25, 0.3) is 0 Å². The third-order valence-electron chi connectivity index (χ3n) is 5.57. The van der Waals surface area contributed by atoms with Crippen LogP contribution < -0.4 is 18.9 Å². The van der Waals surface area contributed by atoms with Crippen LogP contribution in [0.25, 0.3) is 30.3 Å². The molecule has 2 heterocycles. The summed E-state index contributed by atoms with van der Waals surface area (Å²) in [5, 5.41) is 0. The van der Waals surface area contributed by atoms with Crippen LogP contribution in [0.2, 0.25) is 0 Å². The van der Waals surface area contributed by atoms with Gasteiger partial charge < -0.3 is 18.9 Å². The average Bonchev–Trinajstić information content (AvgIpc) is 3.28. The molecule has 0 aliphatic carbocycles. The molecule has 6 heteroatoms. The molecule has 180 valence electrons. The van der Waals surface area contributed by atoms with E-state index >= 15 is 0 Å². The van der Waals surface area contributed by atoms with Gasteiger partial charge in [0.1, 0.15) is 23.0 Å². The quantitative estimate of drug-likeness (QED) is 0.245. The van der Waals surface area contributed by atoms with Gasteiger partial charge in [-0.25, -0.2) is 0 Å². The van der Waals surface area contributed by atoms with E-state index < -0.39 is 0 Å². The van der Waals surface area contributed by atoms with Crippen molar-refractivity contribution in [3.05, 3.63) is 47.5 Å². The molecule has 0 amide bonds. The van der Waals surface area contributed by atoms with E-state index in [9.17, 15) is 0 Å². The first-order chi connectivity index (χ1) is 16.3. The normalized spacial score (nSPS) is 11.5. The van der Waals surface area contributed by atoms with E-state index in [2.05, 4.69) is 13.8 Å². The van der Waals surface area contributed by atoms with Crippen molar-refractivity contribution in [1.29, 1.82) is 0 Å². The zero-order valence-corrected chi connectivity index (χ0v) is 22.7. The van der Waals surface area contributed by atoms with Crippen LogP contribution >= 0.6 is 22.7 Å². The van der Waals surface area contributed by atoms with Crippen molar-refractivity contribution < 1.29 is 18.9 Å². The average molecular weight is 497 g/mol. The Morgan fingerprint density at radius 2 is 0.941 bits per heavy atom. The summed E-state index contributed by atoms with van der Waals surface area (Å²) in [4.78, 5) is 2.37. The van der Waals surface area contributed by atoms with Crippen molar-refractivity contribution >= 4 is 32.1 Å². The van der Waals surface area contributed by atoms with Crippen LogP contribution in [-0.4, -0.2) is 26.4 Å². The lowest BCUT2D eigenvalue weighted by Crippen LogP contribution is -2.07. The van der Waals surface area contributed by atoms with Gasteiger partial charge in [0.05, 0.1) is 37.6 Å². The Morgan fingerprint density at radius 3 is 1.26 bits per heavy atom. The van der Waals surface area contributed by atoms with Gasteiger partial charge in [-0.15, -0.1) is 22.7 Å². The topological polar surface area (TPSA) is 36.9 Å². The van der Waals surface area contributed by atoms with E-state index in [0.29, 0.717) is 0 Å². The summed E-state index contributed by atoms with van der Waals surface area (Å²) < 4.78 is 26.4. The summed E-state index contributed by atoms with van der Waals surface area (Å²) in [6, 6.07) is 12.0. The number of aryl methyl sites for hydroxylation is 2. The van der Waals surface area contributed by atoms with Crippen LogP contribution in [0.15, 0.2) is 36.4 Å². The fraction of sp³-hybridized carbons (Fsp3) is 0.357. The number of methoxy groups -OCH3 is 2. The van der Waals surface area contributed by atoms with Gasteiger partial charge in [-0.1, -0.05) is 12.1 Å². The van der Waals surface area contributed by atoms with Crippen LogP contribution in [0.3, 0.4) is 0 Å². The van der Waals surface area contributed by atoms with E-state index in [0.717, 1.165) is 34.1 Å². The van der Waals surface area contributed by atoms with Gasteiger partial charge in [0.2, 0.25) is 0 Å². The summed E-state index contributed by atoms with van der Waals surface area (Å²) in [5.74, 6) is 3.35. The van der Waals surface area contributed by atoms with Crippen molar-refractivity contribution in [2.24, 2.45) is 0 Å². The van der Waals surface area contributed by atoms with E-state index in [1.165, 1.54) is 30.3 Å². The molecular formula is C28H32O4S2. The zero-order valence-electron chi connectivity index (χ0n) is 21.1. The molecule has 4 nitrogen and oxygen atoms in total. The van der Waals surface area contributed by atoms with Gasteiger partial charge in [0.15, 0.2) is 0 Å². The lowest BCUT2D eigenvalue weighted by molar-refractivity contribution is 0.242. The summed E-state index contributed by atoms with van der Waals surface area (Å²) in [7, 11) is 3.43. The third-order valence-corrected chi connectivity index (χ3v) is 8.56. The number of thiophene rings is 2. The summed E-state index contributed by atoms with van der Waals surface area (Å²) >= 11 is 3.58. The maximum Gasteiger partial charge on any atom is 0.132 e. The Hall–Kier alpha value is -2.70. The Morgan fingerprint density at radius 1 is 0.588 bits per heavy atom. The maximum atomic E-state index is 6.17. The molecule has 0 aliphatic rings. The highest BCUT2D eigenvalue weighted by Crippen LogP contribution is 2.53. The first-order valence-electron chi connectivity index (χ1n) is 11.5. The first kappa shape index (κ1) is 24.4. The SMILES string of the molecule is COc1cccc(OC(C)C)c1-c1sc2c(C)c(-c3c(OC)cccc3OC(C)C)sc2c1C. The fourth-order valence-electron chi connectivity index (χ4n) is 4.14. The maximum absolute atomic E-state index is 6.17. The number of ether oxygens (including phenoxy) is 4. The smallest absolute Gasteiger partial charge is 0.132 e. The second kappa shape index (κ2) is 9.88. The van der Waals surface area contributed by atoms with Crippen molar-refractivity contribution in [2.45, 2.75) is 53.8 Å². The summed E-state index contributed by atoms with van der Waals surface area (Å²) in [6.07, 6.45) is 0.149. The van der Waals surface area contributed by atoms with Crippen molar-refractivity contribution in [3.63, 3.8) is 0 Å². The van der Waals surface area contributed by atoms with E-state index in [1.54, 1.807) is 36.9 Å². The number of rotatable bonds is 8. The highest BCUT2D eigenvalue weighted by Gasteiger charge is 2.25. The standard InChI is InChI=1S/C28H32O4S2/c1-15(2)31-21-13-9-11-19(29-7)23(21)25-17(5)27-28(33-25)18(6)26(34-27)24-20(30-8)12-10-14-22(24)32-16(3)4/h9-16H,1-8H3. The Kier molecular flexibility index (Phi) is 7.10. The molecule has 0 saturated heterocycles. The molecule has 0 radical (unpaired) electrons. The second-order valence-corrected chi connectivity index (χ2v) is 10.8. The van der Waals surface area contributed by atoms with Crippen molar-refractivity contribution in [3.8, 4) is 43.9 Å². The summed E-state index contributed by atoms with van der Waals surface area (Å²) in [6.45, 7) is 12.6. The Balaban J connectivity index is 1.92. The van der Waals surface area contributed by atoms with Crippen LogP contribution in [0.4, 0.5) is 0 Å². The molecular weight excluding hydrogens is 464 g/mol. The Labute approximate surface area is 210 Å².